The molecule has 1 aliphatic rings. The molecule has 9 nitrogen and oxygen atoms in total. The lowest BCUT2D eigenvalue weighted by molar-refractivity contribution is -0.0284. The minimum absolute atomic E-state index is 0.0110. The number of hydrazone groups is 1. The minimum atomic E-state index is -1.36. The molecule has 0 aliphatic carbocycles. The summed E-state index contributed by atoms with van der Waals surface area (Å²) in [6.07, 6.45) is -3.53. The summed E-state index contributed by atoms with van der Waals surface area (Å²) in [6, 6.07) is 5.64. The summed E-state index contributed by atoms with van der Waals surface area (Å²) in [5.41, 5.74) is 2.54. The van der Waals surface area contributed by atoms with E-state index in [4.69, 9.17) is 9.84 Å². The largest absolute Gasteiger partial charge is 0.507 e. The maximum absolute atomic E-state index is 11.6. The van der Waals surface area contributed by atoms with Crippen LogP contribution in [0.25, 0.3) is 0 Å². The number of nitrogens with zero attached hydrogens (tertiary/aromatic N) is 1. The van der Waals surface area contributed by atoms with Gasteiger partial charge in [0.2, 0.25) is 0 Å². The number of para-hydroxylation sites is 1. The van der Waals surface area contributed by atoms with E-state index in [9.17, 15) is 20.1 Å². The van der Waals surface area contributed by atoms with Crippen LogP contribution in [0.2, 0.25) is 0 Å². The number of nitrogens with one attached hydrogen (secondary N) is 2. The Morgan fingerprint density at radius 1 is 1.32 bits per heavy atom. The molecule has 0 aromatic heterocycles. The normalized spacial score (nSPS) is 28.0. The highest BCUT2D eigenvalue weighted by atomic mass is 16.6. The number of phenolic OH excluding ortho intramolecular Hbond substituents is 1. The van der Waals surface area contributed by atoms with Crippen LogP contribution in [0.15, 0.2) is 29.4 Å². The summed E-state index contributed by atoms with van der Waals surface area (Å²) < 4.78 is 5.08. The van der Waals surface area contributed by atoms with Crippen LogP contribution in [0, 0.1) is 0 Å². The van der Waals surface area contributed by atoms with Crippen molar-refractivity contribution in [2.45, 2.75) is 24.5 Å². The van der Waals surface area contributed by atoms with Crippen molar-refractivity contribution in [1.29, 1.82) is 0 Å². The zero-order valence-electron chi connectivity index (χ0n) is 11.5. The predicted octanol–water partition coefficient (Wildman–Crippen LogP) is -1.54. The van der Waals surface area contributed by atoms with Crippen LogP contribution in [-0.2, 0) is 4.74 Å². The monoisotopic (exact) mass is 311 g/mol. The van der Waals surface area contributed by atoms with Crippen molar-refractivity contribution in [3.8, 4) is 5.75 Å². The lowest BCUT2D eigenvalue weighted by Crippen LogP contribution is -2.46. The molecule has 0 unspecified atom stereocenters. The minimum Gasteiger partial charge on any atom is -0.507 e. The van der Waals surface area contributed by atoms with Gasteiger partial charge in [0.15, 0.2) is 6.23 Å². The Morgan fingerprint density at radius 3 is 2.68 bits per heavy atom. The van der Waals surface area contributed by atoms with Gasteiger partial charge in [-0.1, -0.05) is 12.1 Å². The molecule has 0 radical (unpaired) electrons. The lowest BCUT2D eigenvalue weighted by atomic mass is 10.1. The number of aliphatic hydroxyl groups is 3. The first-order valence-electron chi connectivity index (χ1n) is 6.53. The van der Waals surface area contributed by atoms with Gasteiger partial charge in [0.05, 0.1) is 12.8 Å². The van der Waals surface area contributed by atoms with Crippen molar-refractivity contribution in [1.82, 2.24) is 10.7 Å². The Hall–Kier alpha value is -2.20. The molecule has 2 rings (SSSR count). The number of phenols is 1. The van der Waals surface area contributed by atoms with Gasteiger partial charge in [0.25, 0.3) is 0 Å². The molecule has 1 saturated heterocycles. The highest BCUT2D eigenvalue weighted by Crippen LogP contribution is 2.19. The number of hydrogen-bond acceptors (Lipinski definition) is 7. The number of hydrogen-bond donors (Lipinski definition) is 6. The molecule has 6 N–H and O–H groups in total. The van der Waals surface area contributed by atoms with Crippen LogP contribution in [-0.4, -0.2) is 63.8 Å². The van der Waals surface area contributed by atoms with Crippen molar-refractivity contribution < 1.29 is 30.0 Å². The number of aliphatic hydroxyl groups excluding tert-OH is 3. The van der Waals surface area contributed by atoms with Gasteiger partial charge in [-0.05, 0) is 12.1 Å². The highest BCUT2D eigenvalue weighted by molar-refractivity contribution is 5.84. The zero-order valence-corrected chi connectivity index (χ0v) is 11.5. The first kappa shape index (κ1) is 16.2. The van der Waals surface area contributed by atoms with Crippen LogP contribution in [0.3, 0.4) is 0 Å². The average Bonchev–Trinajstić information content (AvgIpc) is 2.77. The van der Waals surface area contributed by atoms with Crippen molar-refractivity contribution in [3.05, 3.63) is 29.8 Å². The van der Waals surface area contributed by atoms with Gasteiger partial charge in [-0.25, -0.2) is 10.2 Å². The van der Waals surface area contributed by atoms with E-state index in [0.29, 0.717) is 5.56 Å². The Bertz CT molecular complexity index is 552. The van der Waals surface area contributed by atoms with E-state index in [2.05, 4.69) is 15.8 Å². The van der Waals surface area contributed by atoms with E-state index in [-0.39, 0.29) is 5.75 Å². The molecular weight excluding hydrogens is 294 g/mol. The van der Waals surface area contributed by atoms with E-state index in [1.54, 1.807) is 18.2 Å². The van der Waals surface area contributed by atoms with Crippen molar-refractivity contribution in [3.63, 3.8) is 0 Å². The molecule has 1 fully saturated rings. The Morgan fingerprint density at radius 2 is 2.05 bits per heavy atom. The van der Waals surface area contributed by atoms with Crippen LogP contribution in [0.4, 0.5) is 4.79 Å². The zero-order chi connectivity index (χ0) is 16.1. The maximum atomic E-state index is 11.6. The van der Waals surface area contributed by atoms with E-state index in [0.717, 1.165) is 0 Å². The molecule has 1 aromatic carbocycles. The molecule has 0 bridgehead atoms. The van der Waals surface area contributed by atoms with Crippen LogP contribution in [0.1, 0.15) is 5.56 Å². The fraction of sp³-hybridized carbons (Fsp3) is 0.385. The summed E-state index contributed by atoms with van der Waals surface area (Å²) in [7, 11) is 0. The third-order valence-electron chi connectivity index (χ3n) is 3.12. The third-order valence-corrected chi connectivity index (χ3v) is 3.12. The molecular formula is C13H17N3O6. The Kier molecular flexibility index (Phi) is 5.28. The second-order valence-corrected chi connectivity index (χ2v) is 4.66. The molecule has 1 aromatic rings. The molecule has 9 heteroatoms. The molecule has 1 aliphatic heterocycles. The van der Waals surface area contributed by atoms with E-state index >= 15 is 0 Å². The first-order valence-corrected chi connectivity index (χ1v) is 6.53. The van der Waals surface area contributed by atoms with Gasteiger partial charge in [-0.2, -0.15) is 5.10 Å². The van der Waals surface area contributed by atoms with Crippen molar-refractivity contribution in [2.75, 3.05) is 6.61 Å². The summed E-state index contributed by atoms with van der Waals surface area (Å²) in [6.45, 7) is -0.483. The quantitative estimate of drug-likeness (QED) is 0.294. The SMILES string of the molecule is O=C(N/N=C/c1ccccc1O)N[C@@H]1O[C@H](CO)[C@@H](O)[C@H]1O. The molecule has 1 heterocycles. The Labute approximate surface area is 125 Å². The smallest absolute Gasteiger partial charge is 0.337 e. The summed E-state index contributed by atoms with van der Waals surface area (Å²) in [4.78, 5) is 11.6. The number of rotatable bonds is 4. The van der Waals surface area contributed by atoms with Gasteiger partial charge in [0, 0.05) is 5.56 Å². The molecule has 4 atom stereocenters. The lowest BCUT2D eigenvalue weighted by Gasteiger charge is -2.15. The number of carbonyl (C=O) groups excluding carboxylic acids is 1. The molecule has 0 saturated carbocycles. The molecule has 120 valence electrons. The van der Waals surface area contributed by atoms with Crippen molar-refractivity contribution in [2.24, 2.45) is 5.10 Å². The Balaban J connectivity index is 1.85. The highest BCUT2D eigenvalue weighted by Gasteiger charge is 2.42. The topological polar surface area (TPSA) is 144 Å². The van der Waals surface area contributed by atoms with Gasteiger partial charge in [-0.3, -0.25) is 0 Å². The van der Waals surface area contributed by atoms with Gasteiger partial charge in [0.1, 0.15) is 24.1 Å². The molecule has 2 amide bonds. The van der Waals surface area contributed by atoms with Crippen LogP contribution in [0.5, 0.6) is 5.75 Å². The maximum Gasteiger partial charge on any atom is 0.337 e. The van der Waals surface area contributed by atoms with Gasteiger partial charge >= 0.3 is 6.03 Å². The number of carbonyl (C=O) groups is 1. The van der Waals surface area contributed by atoms with E-state index < -0.39 is 37.2 Å². The third kappa shape index (κ3) is 3.71. The fourth-order valence-corrected chi connectivity index (χ4v) is 1.94. The number of amides is 2. The molecule has 22 heavy (non-hydrogen) atoms. The number of aromatic hydroxyl groups is 1. The molecule has 0 spiro atoms. The number of ether oxygens (including phenoxy) is 1. The number of benzene rings is 1. The van der Waals surface area contributed by atoms with E-state index in [1.165, 1.54) is 12.3 Å². The van der Waals surface area contributed by atoms with Gasteiger partial charge in [-0.15, -0.1) is 0 Å². The first-order chi connectivity index (χ1) is 10.5. The second kappa shape index (κ2) is 7.18. The fourth-order valence-electron chi connectivity index (χ4n) is 1.94. The standard InChI is InChI=1S/C13H17N3O6/c17-6-9-10(19)11(20)12(22-9)15-13(21)16-14-5-7-3-1-2-4-8(7)18/h1-5,9-12,17-20H,6H2,(H2,15,16,21)/b14-5+/t9-,10-,11-,12-/m1/s1. The number of urea groups is 1. The predicted molar refractivity (Wildman–Crippen MR) is 75.1 cm³/mol. The van der Waals surface area contributed by atoms with Crippen molar-refractivity contribution >= 4 is 12.2 Å². The summed E-state index contributed by atoms with van der Waals surface area (Å²) in [5.74, 6) is 0.0110. The second-order valence-electron chi connectivity index (χ2n) is 4.66. The summed E-state index contributed by atoms with van der Waals surface area (Å²) in [5, 5.41) is 43.5. The van der Waals surface area contributed by atoms with Gasteiger partial charge < -0.3 is 30.5 Å². The average molecular weight is 311 g/mol. The summed E-state index contributed by atoms with van der Waals surface area (Å²) >= 11 is 0. The van der Waals surface area contributed by atoms with Crippen LogP contribution >= 0.6 is 0 Å². The van der Waals surface area contributed by atoms with Crippen LogP contribution < -0.4 is 10.7 Å². The van der Waals surface area contributed by atoms with E-state index in [1.807, 2.05) is 0 Å².